The molecule has 0 aliphatic rings. The first-order chi connectivity index (χ1) is 8.87. The van der Waals surface area contributed by atoms with Crippen molar-refractivity contribution in [1.82, 2.24) is 10.3 Å². The van der Waals surface area contributed by atoms with Gasteiger partial charge >= 0.3 is 6.09 Å². The van der Waals surface area contributed by atoms with Crippen molar-refractivity contribution in [3.05, 3.63) is 29.8 Å². The standard InChI is InChI=1S/C14H17FN2O2/c1-14(2,3)19-13(18)17-8-5-4-6-11-7-9-16-12(15)10-11/h7,9-10H,5,8H2,1-3H3,(H,17,18). The zero-order chi connectivity index (χ0) is 14.3. The van der Waals surface area contributed by atoms with Gasteiger partial charge in [0, 0.05) is 30.8 Å². The quantitative estimate of drug-likeness (QED) is 0.507. The second kappa shape index (κ2) is 6.74. The number of rotatable bonds is 2. The van der Waals surface area contributed by atoms with Crippen LogP contribution >= 0.6 is 0 Å². The Kier molecular flexibility index (Phi) is 5.31. The van der Waals surface area contributed by atoms with Crippen LogP contribution in [0.3, 0.4) is 0 Å². The van der Waals surface area contributed by atoms with E-state index >= 15 is 0 Å². The molecule has 1 aromatic rings. The zero-order valence-corrected chi connectivity index (χ0v) is 11.3. The average molecular weight is 264 g/mol. The highest BCUT2D eigenvalue weighted by molar-refractivity contribution is 5.67. The van der Waals surface area contributed by atoms with Crippen molar-refractivity contribution >= 4 is 6.09 Å². The third-order valence-electron chi connectivity index (χ3n) is 1.88. The van der Waals surface area contributed by atoms with E-state index in [0.717, 1.165) is 0 Å². The Morgan fingerprint density at radius 3 is 2.89 bits per heavy atom. The molecular formula is C14H17FN2O2. The van der Waals surface area contributed by atoms with Crippen molar-refractivity contribution in [1.29, 1.82) is 0 Å². The van der Waals surface area contributed by atoms with Crippen LogP contribution in [-0.2, 0) is 4.74 Å². The third kappa shape index (κ3) is 7.04. The first-order valence-corrected chi connectivity index (χ1v) is 5.94. The van der Waals surface area contributed by atoms with Crippen molar-refractivity contribution in [2.45, 2.75) is 32.8 Å². The minimum absolute atomic E-state index is 0.384. The molecule has 1 rings (SSSR count). The van der Waals surface area contributed by atoms with Crippen molar-refractivity contribution in [2.75, 3.05) is 6.54 Å². The number of halogens is 1. The monoisotopic (exact) mass is 264 g/mol. The predicted octanol–water partition coefficient (Wildman–Crippen LogP) is 2.49. The number of hydrogen-bond acceptors (Lipinski definition) is 3. The van der Waals surface area contributed by atoms with Gasteiger partial charge in [0.25, 0.3) is 0 Å². The van der Waals surface area contributed by atoms with Crippen LogP contribution in [0.5, 0.6) is 0 Å². The molecule has 0 saturated carbocycles. The van der Waals surface area contributed by atoms with Crippen LogP contribution in [0.1, 0.15) is 32.8 Å². The fourth-order valence-corrected chi connectivity index (χ4v) is 1.19. The van der Waals surface area contributed by atoms with Gasteiger partial charge in [-0.3, -0.25) is 0 Å². The molecular weight excluding hydrogens is 247 g/mol. The topological polar surface area (TPSA) is 51.2 Å². The van der Waals surface area contributed by atoms with Crippen LogP contribution < -0.4 is 5.32 Å². The Labute approximate surface area is 112 Å². The summed E-state index contributed by atoms with van der Waals surface area (Å²) >= 11 is 0. The Morgan fingerprint density at radius 1 is 1.53 bits per heavy atom. The molecule has 19 heavy (non-hydrogen) atoms. The van der Waals surface area contributed by atoms with Crippen molar-refractivity contribution in [3.8, 4) is 11.8 Å². The SMILES string of the molecule is CC(C)(C)OC(=O)NCCC#Cc1ccnc(F)c1. The molecule has 1 aromatic heterocycles. The van der Waals surface area contributed by atoms with E-state index in [2.05, 4.69) is 22.1 Å². The lowest BCUT2D eigenvalue weighted by atomic mass is 10.2. The van der Waals surface area contributed by atoms with E-state index in [-0.39, 0.29) is 0 Å². The summed E-state index contributed by atoms with van der Waals surface area (Å²) in [5, 5.41) is 2.59. The van der Waals surface area contributed by atoms with Gasteiger partial charge in [-0.05, 0) is 26.8 Å². The van der Waals surface area contributed by atoms with Crippen LogP contribution in [0, 0.1) is 17.8 Å². The van der Waals surface area contributed by atoms with Crippen LogP contribution in [-0.4, -0.2) is 23.2 Å². The van der Waals surface area contributed by atoms with Crippen LogP contribution in [0.2, 0.25) is 0 Å². The summed E-state index contributed by atoms with van der Waals surface area (Å²) in [4.78, 5) is 14.7. The molecule has 1 amide bonds. The minimum Gasteiger partial charge on any atom is -0.444 e. The minimum atomic E-state index is -0.557. The third-order valence-corrected chi connectivity index (χ3v) is 1.88. The van der Waals surface area contributed by atoms with Crippen LogP contribution in [0.25, 0.3) is 0 Å². The van der Waals surface area contributed by atoms with E-state index in [1.54, 1.807) is 26.8 Å². The summed E-state index contributed by atoms with van der Waals surface area (Å²) in [7, 11) is 0. The summed E-state index contributed by atoms with van der Waals surface area (Å²) in [6, 6.07) is 2.88. The number of aromatic nitrogens is 1. The summed E-state index contributed by atoms with van der Waals surface area (Å²) in [6.07, 6.45) is 1.35. The predicted molar refractivity (Wildman–Crippen MR) is 69.9 cm³/mol. The van der Waals surface area contributed by atoms with Crippen molar-refractivity contribution < 1.29 is 13.9 Å². The van der Waals surface area contributed by atoms with Crippen LogP contribution in [0.4, 0.5) is 9.18 Å². The summed E-state index contributed by atoms with van der Waals surface area (Å²) in [6.45, 7) is 5.77. The van der Waals surface area contributed by atoms with Gasteiger partial charge < -0.3 is 10.1 Å². The number of alkyl carbamates (subject to hydrolysis) is 1. The highest BCUT2D eigenvalue weighted by Crippen LogP contribution is 2.06. The van der Waals surface area contributed by atoms with Crippen LogP contribution in [0.15, 0.2) is 18.3 Å². The molecule has 5 heteroatoms. The van der Waals surface area contributed by atoms with Gasteiger partial charge in [0.05, 0.1) is 0 Å². The molecule has 0 aliphatic carbocycles. The molecule has 0 unspecified atom stereocenters. The van der Waals surface area contributed by atoms with E-state index in [1.165, 1.54) is 12.3 Å². The molecule has 0 radical (unpaired) electrons. The molecule has 1 heterocycles. The molecule has 0 atom stereocenters. The number of carbonyl (C=O) groups excluding carboxylic acids is 1. The number of hydrogen-bond donors (Lipinski definition) is 1. The maximum atomic E-state index is 12.8. The maximum absolute atomic E-state index is 12.8. The molecule has 0 saturated heterocycles. The fraction of sp³-hybridized carbons (Fsp3) is 0.429. The first-order valence-electron chi connectivity index (χ1n) is 5.94. The summed E-state index contributed by atoms with van der Waals surface area (Å²) < 4.78 is 17.8. The highest BCUT2D eigenvalue weighted by Gasteiger charge is 2.15. The van der Waals surface area contributed by atoms with E-state index in [4.69, 9.17) is 4.74 Å². The van der Waals surface area contributed by atoms with Gasteiger partial charge in [-0.1, -0.05) is 11.8 Å². The van der Waals surface area contributed by atoms with E-state index in [9.17, 15) is 9.18 Å². The van der Waals surface area contributed by atoms with Crippen molar-refractivity contribution in [3.63, 3.8) is 0 Å². The Morgan fingerprint density at radius 2 is 2.26 bits per heavy atom. The molecule has 1 N–H and O–H groups in total. The largest absolute Gasteiger partial charge is 0.444 e. The smallest absolute Gasteiger partial charge is 0.407 e. The van der Waals surface area contributed by atoms with E-state index in [0.29, 0.717) is 18.5 Å². The Bertz CT molecular complexity index is 498. The summed E-state index contributed by atoms with van der Waals surface area (Å²) in [5.74, 6) is 5.06. The lowest BCUT2D eigenvalue weighted by Crippen LogP contribution is -2.32. The molecule has 0 aliphatic heterocycles. The number of carbonyl (C=O) groups is 1. The van der Waals surface area contributed by atoms with Crippen molar-refractivity contribution in [2.24, 2.45) is 0 Å². The van der Waals surface area contributed by atoms with Gasteiger partial charge in [0.2, 0.25) is 5.95 Å². The maximum Gasteiger partial charge on any atom is 0.407 e. The second-order valence-electron chi connectivity index (χ2n) is 4.85. The number of ether oxygens (including phenoxy) is 1. The zero-order valence-electron chi connectivity index (χ0n) is 11.3. The van der Waals surface area contributed by atoms with E-state index < -0.39 is 17.6 Å². The molecule has 0 bridgehead atoms. The normalized spacial score (nSPS) is 10.3. The molecule has 0 aromatic carbocycles. The highest BCUT2D eigenvalue weighted by atomic mass is 19.1. The number of pyridine rings is 1. The number of amides is 1. The van der Waals surface area contributed by atoms with Gasteiger partial charge in [-0.2, -0.15) is 4.39 Å². The van der Waals surface area contributed by atoms with E-state index in [1.807, 2.05) is 0 Å². The van der Waals surface area contributed by atoms with Gasteiger partial charge in [0.15, 0.2) is 0 Å². The Hall–Kier alpha value is -2.09. The number of nitrogens with zero attached hydrogens (tertiary/aromatic N) is 1. The molecule has 4 nitrogen and oxygen atoms in total. The fourth-order valence-electron chi connectivity index (χ4n) is 1.19. The molecule has 102 valence electrons. The number of nitrogens with one attached hydrogen (secondary N) is 1. The first kappa shape index (κ1) is 15.0. The van der Waals surface area contributed by atoms with Gasteiger partial charge in [0.1, 0.15) is 5.60 Å². The van der Waals surface area contributed by atoms with Gasteiger partial charge in [-0.15, -0.1) is 0 Å². The average Bonchev–Trinajstić information content (AvgIpc) is 2.26. The Balaban J connectivity index is 2.30. The molecule has 0 spiro atoms. The second-order valence-corrected chi connectivity index (χ2v) is 4.85. The van der Waals surface area contributed by atoms with Gasteiger partial charge in [-0.25, -0.2) is 9.78 Å². The summed E-state index contributed by atoms with van der Waals surface area (Å²) in [5.41, 5.74) is 0.0504. The lowest BCUT2D eigenvalue weighted by Gasteiger charge is -2.19. The lowest BCUT2D eigenvalue weighted by molar-refractivity contribution is 0.0529. The molecule has 0 fully saturated rings.